The van der Waals surface area contributed by atoms with Crippen LogP contribution in [0, 0.1) is 11.7 Å². The number of nitrogens with zero attached hydrogens (tertiary/aromatic N) is 1. The van der Waals surface area contributed by atoms with Crippen molar-refractivity contribution in [2.24, 2.45) is 5.92 Å². The van der Waals surface area contributed by atoms with Crippen molar-refractivity contribution < 1.29 is 13.9 Å². The van der Waals surface area contributed by atoms with E-state index in [1.165, 1.54) is 12.1 Å². The Morgan fingerprint density at radius 3 is 2.67 bits per heavy atom. The molecule has 1 amide bonds. The monoisotopic (exact) mass is 328 g/mol. The highest BCUT2D eigenvalue weighted by Gasteiger charge is 2.15. The predicted molar refractivity (Wildman–Crippen MR) is 89.3 cm³/mol. The van der Waals surface area contributed by atoms with Gasteiger partial charge in [-0.2, -0.15) is 0 Å². The number of pyridine rings is 1. The van der Waals surface area contributed by atoms with Gasteiger partial charge in [0.25, 0.3) is 5.91 Å². The summed E-state index contributed by atoms with van der Waals surface area (Å²) in [7, 11) is 0. The molecule has 1 saturated heterocycles. The molecule has 24 heavy (non-hydrogen) atoms. The molecule has 3 rings (SSSR count). The summed E-state index contributed by atoms with van der Waals surface area (Å²) in [4.78, 5) is 16.5. The molecular weight excluding hydrogens is 307 g/mol. The lowest BCUT2D eigenvalue weighted by Gasteiger charge is -2.22. The lowest BCUT2D eigenvalue weighted by Crippen LogP contribution is -2.32. The van der Waals surface area contributed by atoms with Crippen molar-refractivity contribution in [2.45, 2.75) is 19.3 Å². The molecule has 0 saturated carbocycles. The smallest absolute Gasteiger partial charge is 0.252 e. The highest BCUT2D eigenvalue weighted by atomic mass is 19.1. The van der Waals surface area contributed by atoms with Crippen LogP contribution in [0.4, 0.5) is 4.39 Å². The van der Waals surface area contributed by atoms with Crippen LogP contribution in [0.15, 0.2) is 42.7 Å². The van der Waals surface area contributed by atoms with Gasteiger partial charge in [-0.1, -0.05) is 12.1 Å². The minimum absolute atomic E-state index is 0.102. The Labute approximate surface area is 141 Å². The maximum Gasteiger partial charge on any atom is 0.252 e. The van der Waals surface area contributed by atoms with Crippen LogP contribution in [0.2, 0.25) is 0 Å². The van der Waals surface area contributed by atoms with Crippen molar-refractivity contribution in [1.82, 2.24) is 10.3 Å². The summed E-state index contributed by atoms with van der Waals surface area (Å²) in [5, 5.41) is 2.98. The van der Waals surface area contributed by atoms with E-state index in [9.17, 15) is 9.18 Å². The van der Waals surface area contributed by atoms with Crippen LogP contribution < -0.4 is 5.32 Å². The van der Waals surface area contributed by atoms with Gasteiger partial charge in [0.05, 0.1) is 5.56 Å². The Kier molecular flexibility index (Phi) is 5.54. The van der Waals surface area contributed by atoms with Gasteiger partial charge < -0.3 is 10.1 Å². The van der Waals surface area contributed by atoms with E-state index < -0.39 is 0 Å². The third-order valence-electron chi connectivity index (χ3n) is 4.27. The Morgan fingerprint density at radius 1 is 1.17 bits per heavy atom. The van der Waals surface area contributed by atoms with Crippen LogP contribution in [0.5, 0.6) is 0 Å². The number of hydrogen-bond donors (Lipinski definition) is 1. The second kappa shape index (κ2) is 8.02. The second-order valence-electron chi connectivity index (χ2n) is 6.15. The van der Waals surface area contributed by atoms with Gasteiger partial charge in [0, 0.05) is 32.2 Å². The Hall–Kier alpha value is -2.27. The number of halogens is 1. The highest BCUT2D eigenvalue weighted by molar-refractivity contribution is 5.94. The number of amides is 1. The first-order valence-corrected chi connectivity index (χ1v) is 8.25. The van der Waals surface area contributed by atoms with Crippen LogP contribution in [0.25, 0.3) is 0 Å². The van der Waals surface area contributed by atoms with E-state index in [1.54, 1.807) is 24.5 Å². The zero-order valence-electron chi connectivity index (χ0n) is 13.5. The molecule has 0 aliphatic carbocycles. The molecule has 0 bridgehead atoms. The van der Waals surface area contributed by atoms with Crippen molar-refractivity contribution in [3.8, 4) is 0 Å². The number of nitrogens with one attached hydrogen (secondary N) is 1. The molecule has 126 valence electrons. The SMILES string of the molecule is O=C(NCC1CCOCC1)c1cncc(Cc2ccc(F)cc2)c1. The van der Waals surface area contributed by atoms with Crippen LogP contribution in [0.3, 0.4) is 0 Å². The lowest BCUT2D eigenvalue weighted by molar-refractivity contribution is 0.0642. The largest absolute Gasteiger partial charge is 0.381 e. The summed E-state index contributed by atoms with van der Waals surface area (Å²) in [6, 6.07) is 8.20. The predicted octanol–water partition coefficient (Wildman–Crippen LogP) is 2.97. The summed E-state index contributed by atoms with van der Waals surface area (Å²) in [5.41, 5.74) is 2.47. The Bertz CT molecular complexity index is 682. The number of ether oxygens (including phenoxy) is 1. The van der Waals surface area contributed by atoms with Gasteiger partial charge in [-0.25, -0.2) is 4.39 Å². The highest BCUT2D eigenvalue weighted by Crippen LogP contribution is 2.14. The molecule has 1 aromatic heterocycles. The quantitative estimate of drug-likeness (QED) is 0.918. The van der Waals surface area contributed by atoms with E-state index in [2.05, 4.69) is 10.3 Å². The fourth-order valence-electron chi connectivity index (χ4n) is 2.84. The van der Waals surface area contributed by atoms with E-state index in [4.69, 9.17) is 4.74 Å². The minimum Gasteiger partial charge on any atom is -0.381 e. The molecule has 0 atom stereocenters. The zero-order valence-corrected chi connectivity index (χ0v) is 13.5. The van der Waals surface area contributed by atoms with Gasteiger partial charge in [0.15, 0.2) is 0 Å². The molecule has 5 heteroatoms. The molecule has 4 nitrogen and oxygen atoms in total. The average Bonchev–Trinajstić information content (AvgIpc) is 2.63. The second-order valence-corrected chi connectivity index (χ2v) is 6.15. The molecule has 0 unspecified atom stereocenters. The number of aromatic nitrogens is 1. The van der Waals surface area contributed by atoms with E-state index in [1.807, 2.05) is 6.07 Å². The normalized spacial score (nSPS) is 15.2. The summed E-state index contributed by atoms with van der Waals surface area (Å²) in [6.07, 6.45) is 5.91. The fraction of sp³-hybridized carbons (Fsp3) is 0.368. The average molecular weight is 328 g/mol. The van der Waals surface area contributed by atoms with Crippen LogP contribution in [-0.4, -0.2) is 30.6 Å². The first kappa shape index (κ1) is 16.6. The molecule has 2 heterocycles. The molecule has 1 aliphatic rings. The third-order valence-corrected chi connectivity index (χ3v) is 4.27. The van der Waals surface area contributed by atoms with Crippen LogP contribution in [-0.2, 0) is 11.2 Å². The van der Waals surface area contributed by atoms with E-state index in [0.29, 0.717) is 24.4 Å². The number of carbonyl (C=O) groups is 1. The third kappa shape index (κ3) is 4.61. The van der Waals surface area contributed by atoms with E-state index in [0.717, 1.165) is 37.2 Å². The van der Waals surface area contributed by atoms with Crippen LogP contribution >= 0.6 is 0 Å². The van der Waals surface area contributed by atoms with E-state index >= 15 is 0 Å². The minimum atomic E-state index is -0.252. The molecule has 1 fully saturated rings. The summed E-state index contributed by atoms with van der Waals surface area (Å²) >= 11 is 0. The van der Waals surface area contributed by atoms with Gasteiger partial charge in [-0.05, 0) is 54.5 Å². The maximum absolute atomic E-state index is 13.0. The molecule has 1 N–H and O–H groups in total. The molecule has 0 spiro atoms. The zero-order chi connectivity index (χ0) is 16.8. The van der Waals surface area contributed by atoms with Gasteiger partial charge >= 0.3 is 0 Å². The number of carbonyl (C=O) groups excluding carboxylic acids is 1. The van der Waals surface area contributed by atoms with Crippen molar-refractivity contribution in [3.05, 3.63) is 65.2 Å². The van der Waals surface area contributed by atoms with Crippen LogP contribution in [0.1, 0.15) is 34.3 Å². The number of rotatable bonds is 5. The first-order valence-electron chi connectivity index (χ1n) is 8.25. The van der Waals surface area contributed by atoms with Crippen molar-refractivity contribution >= 4 is 5.91 Å². The van der Waals surface area contributed by atoms with E-state index in [-0.39, 0.29) is 11.7 Å². The number of hydrogen-bond acceptors (Lipinski definition) is 3. The molecule has 2 aromatic rings. The van der Waals surface area contributed by atoms with Crippen molar-refractivity contribution in [3.63, 3.8) is 0 Å². The Balaban J connectivity index is 1.59. The summed E-state index contributed by atoms with van der Waals surface area (Å²) in [6.45, 7) is 2.22. The van der Waals surface area contributed by atoms with Crippen molar-refractivity contribution in [2.75, 3.05) is 19.8 Å². The Morgan fingerprint density at radius 2 is 1.92 bits per heavy atom. The summed E-state index contributed by atoms with van der Waals surface area (Å²) in [5.74, 6) is 0.131. The van der Waals surface area contributed by atoms with Gasteiger partial charge in [0.1, 0.15) is 5.82 Å². The fourth-order valence-corrected chi connectivity index (χ4v) is 2.84. The first-order chi connectivity index (χ1) is 11.7. The topological polar surface area (TPSA) is 51.2 Å². The molecular formula is C19H21FN2O2. The van der Waals surface area contributed by atoms with Gasteiger partial charge in [0.2, 0.25) is 0 Å². The lowest BCUT2D eigenvalue weighted by atomic mass is 10.0. The van der Waals surface area contributed by atoms with Gasteiger partial charge in [-0.15, -0.1) is 0 Å². The molecule has 1 aliphatic heterocycles. The maximum atomic E-state index is 13.0. The molecule has 1 aromatic carbocycles. The number of benzene rings is 1. The molecule has 0 radical (unpaired) electrons. The van der Waals surface area contributed by atoms with Gasteiger partial charge in [-0.3, -0.25) is 9.78 Å². The standard InChI is InChI=1S/C19H21FN2O2/c20-18-3-1-14(2-4-18)9-16-10-17(13-21-11-16)19(23)22-12-15-5-7-24-8-6-15/h1-4,10-11,13,15H,5-9,12H2,(H,22,23). The van der Waals surface area contributed by atoms with Crippen molar-refractivity contribution in [1.29, 1.82) is 0 Å². The summed E-state index contributed by atoms with van der Waals surface area (Å²) < 4.78 is 18.3.